The number of amides is 2. The third-order valence-electron chi connectivity index (χ3n) is 4.22. The summed E-state index contributed by atoms with van der Waals surface area (Å²) in [6, 6.07) is 13.7. The number of anilines is 1. The van der Waals surface area contributed by atoms with Gasteiger partial charge in [0.1, 0.15) is 11.9 Å². The van der Waals surface area contributed by atoms with E-state index in [0.29, 0.717) is 25.9 Å². The van der Waals surface area contributed by atoms with Crippen LogP contribution in [0.3, 0.4) is 0 Å². The zero-order valence-electron chi connectivity index (χ0n) is 14.0. The number of benzene rings is 2. The number of likely N-dealkylation sites (tertiary alicyclic amines) is 1. The van der Waals surface area contributed by atoms with E-state index in [2.05, 4.69) is 5.32 Å². The summed E-state index contributed by atoms with van der Waals surface area (Å²) in [7, 11) is 0. The maximum atomic E-state index is 12.7. The Morgan fingerprint density at radius 3 is 2.38 bits per heavy atom. The quantitative estimate of drug-likeness (QED) is 0.852. The molecule has 0 saturated carbocycles. The number of hydrogen-bond acceptors (Lipinski definition) is 2. The lowest BCUT2D eigenvalue weighted by molar-refractivity contribution is -0.137. The van der Waals surface area contributed by atoms with Crippen molar-refractivity contribution in [3.05, 3.63) is 60.2 Å². The van der Waals surface area contributed by atoms with Crippen molar-refractivity contribution in [3.8, 4) is 5.75 Å². The minimum Gasteiger partial charge on any atom is -0.490 e. The largest absolute Gasteiger partial charge is 0.490 e. The molecule has 1 N–H and O–H groups in total. The van der Waals surface area contributed by atoms with Gasteiger partial charge in [-0.25, -0.2) is 4.79 Å². The Morgan fingerprint density at radius 1 is 1.04 bits per heavy atom. The maximum absolute atomic E-state index is 12.7. The molecule has 0 atom stereocenters. The van der Waals surface area contributed by atoms with E-state index in [0.717, 1.165) is 17.9 Å². The van der Waals surface area contributed by atoms with Crippen molar-refractivity contribution < 1.29 is 22.7 Å². The molecule has 0 radical (unpaired) electrons. The summed E-state index contributed by atoms with van der Waals surface area (Å²) in [5.41, 5.74) is -0.655. The highest BCUT2D eigenvalue weighted by Gasteiger charge is 2.31. The van der Waals surface area contributed by atoms with E-state index in [-0.39, 0.29) is 11.8 Å². The highest BCUT2D eigenvalue weighted by molar-refractivity contribution is 5.89. The Balaban J connectivity index is 1.52. The maximum Gasteiger partial charge on any atom is 0.416 e. The minimum absolute atomic E-state index is 0.0232. The predicted molar refractivity (Wildman–Crippen MR) is 92.1 cm³/mol. The first-order valence-corrected chi connectivity index (χ1v) is 8.37. The molecule has 0 aromatic heterocycles. The molecule has 2 amide bonds. The molecular weight excluding hydrogens is 345 g/mol. The van der Waals surface area contributed by atoms with Crippen molar-refractivity contribution >= 4 is 11.7 Å². The molecular formula is C19H19F3N2O2. The SMILES string of the molecule is O=C(Nc1cccc(C(F)(F)F)c1)N1CCC(Oc2ccccc2)CC1. The highest BCUT2D eigenvalue weighted by Crippen LogP contribution is 2.30. The highest BCUT2D eigenvalue weighted by atomic mass is 19.4. The standard InChI is InChI=1S/C19H19F3N2O2/c20-19(21,22)14-5-4-6-15(13-14)23-18(25)24-11-9-17(10-12-24)26-16-7-2-1-3-8-16/h1-8,13,17H,9-12H2,(H,23,25). The number of carbonyl (C=O) groups is 1. The summed E-state index contributed by atoms with van der Waals surface area (Å²) in [5, 5.41) is 2.53. The summed E-state index contributed by atoms with van der Waals surface area (Å²) in [6.45, 7) is 0.977. The van der Waals surface area contributed by atoms with Crippen molar-refractivity contribution in [1.82, 2.24) is 4.90 Å². The van der Waals surface area contributed by atoms with Crippen LogP contribution in [0.25, 0.3) is 0 Å². The molecule has 1 aliphatic rings. The van der Waals surface area contributed by atoms with Crippen LogP contribution < -0.4 is 10.1 Å². The van der Waals surface area contributed by atoms with Crippen LogP contribution >= 0.6 is 0 Å². The molecule has 3 rings (SSSR count). The lowest BCUT2D eigenvalue weighted by Gasteiger charge is -2.32. The van der Waals surface area contributed by atoms with Crippen molar-refractivity contribution in [2.24, 2.45) is 0 Å². The molecule has 1 heterocycles. The summed E-state index contributed by atoms with van der Waals surface area (Å²) in [5.74, 6) is 0.791. The first-order valence-electron chi connectivity index (χ1n) is 8.37. The zero-order chi connectivity index (χ0) is 18.6. The lowest BCUT2D eigenvalue weighted by atomic mass is 10.1. The Bertz CT molecular complexity index is 742. The summed E-state index contributed by atoms with van der Waals surface area (Å²) >= 11 is 0. The molecule has 4 nitrogen and oxygen atoms in total. The van der Waals surface area contributed by atoms with E-state index in [4.69, 9.17) is 4.74 Å². The van der Waals surface area contributed by atoms with Gasteiger partial charge in [0.25, 0.3) is 0 Å². The van der Waals surface area contributed by atoms with E-state index >= 15 is 0 Å². The van der Waals surface area contributed by atoms with Gasteiger partial charge in [-0.15, -0.1) is 0 Å². The van der Waals surface area contributed by atoms with Crippen LogP contribution in [-0.4, -0.2) is 30.1 Å². The third kappa shape index (κ3) is 4.68. The van der Waals surface area contributed by atoms with Crippen molar-refractivity contribution in [2.45, 2.75) is 25.1 Å². The summed E-state index contributed by atoms with van der Waals surface area (Å²) < 4.78 is 44.1. The Morgan fingerprint density at radius 2 is 1.73 bits per heavy atom. The number of para-hydroxylation sites is 1. The molecule has 0 unspecified atom stereocenters. The zero-order valence-corrected chi connectivity index (χ0v) is 14.0. The second-order valence-corrected chi connectivity index (χ2v) is 6.13. The summed E-state index contributed by atoms with van der Waals surface area (Å²) in [6.07, 6.45) is -3.07. The van der Waals surface area contributed by atoms with E-state index in [1.165, 1.54) is 12.1 Å². The van der Waals surface area contributed by atoms with Crippen LogP contribution in [0.4, 0.5) is 23.7 Å². The average molecular weight is 364 g/mol. The fraction of sp³-hybridized carbons (Fsp3) is 0.316. The number of rotatable bonds is 3. The van der Waals surface area contributed by atoms with Gasteiger partial charge in [-0.1, -0.05) is 24.3 Å². The van der Waals surface area contributed by atoms with Gasteiger partial charge in [0.15, 0.2) is 0 Å². The first-order chi connectivity index (χ1) is 12.4. The van der Waals surface area contributed by atoms with Gasteiger partial charge in [0, 0.05) is 31.6 Å². The number of ether oxygens (including phenoxy) is 1. The van der Waals surface area contributed by atoms with E-state index < -0.39 is 17.8 Å². The number of nitrogens with one attached hydrogen (secondary N) is 1. The van der Waals surface area contributed by atoms with Crippen molar-refractivity contribution in [1.29, 1.82) is 0 Å². The van der Waals surface area contributed by atoms with E-state index in [1.54, 1.807) is 4.90 Å². The number of alkyl halides is 3. The fourth-order valence-corrected chi connectivity index (χ4v) is 2.84. The van der Waals surface area contributed by atoms with E-state index in [1.807, 2.05) is 30.3 Å². The van der Waals surface area contributed by atoms with Gasteiger partial charge < -0.3 is 15.0 Å². The van der Waals surface area contributed by atoms with Crippen LogP contribution in [0.15, 0.2) is 54.6 Å². The van der Waals surface area contributed by atoms with Crippen molar-refractivity contribution in [3.63, 3.8) is 0 Å². The Labute approximate surface area is 149 Å². The number of urea groups is 1. The average Bonchev–Trinajstić information content (AvgIpc) is 2.63. The molecule has 26 heavy (non-hydrogen) atoms. The molecule has 7 heteroatoms. The molecule has 0 spiro atoms. The second kappa shape index (κ2) is 7.68. The molecule has 0 aliphatic carbocycles. The predicted octanol–water partition coefficient (Wildman–Crippen LogP) is 4.78. The van der Waals surface area contributed by atoms with Gasteiger partial charge in [0.05, 0.1) is 5.56 Å². The molecule has 138 valence electrons. The van der Waals surface area contributed by atoms with Gasteiger partial charge in [-0.2, -0.15) is 13.2 Å². The number of piperidine rings is 1. The molecule has 1 saturated heterocycles. The molecule has 2 aromatic carbocycles. The molecule has 1 fully saturated rings. The fourth-order valence-electron chi connectivity index (χ4n) is 2.84. The lowest BCUT2D eigenvalue weighted by Crippen LogP contribution is -2.43. The number of carbonyl (C=O) groups excluding carboxylic acids is 1. The van der Waals surface area contributed by atoms with Crippen LogP contribution in [0.2, 0.25) is 0 Å². The van der Waals surface area contributed by atoms with Crippen LogP contribution in [-0.2, 0) is 6.18 Å². The molecule has 2 aromatic rings. The van der Waals surface area contributed by atoms with Gasteiger partial charge in [0.2, 0.25) is 0 Å². The Kier molecular flexibility index (Phi) is 5.35. The van der Waals surface area contributed by atoms with Crippen LogP contribution in [0.1, 0.15) is 18.4 Å². The Hall–Kier alpha value is -2.70. The van der Waals surface area contributed by atoms with Crippen LogP contribution in [0.5, 0.6) is 5.75 Å². The monoisotopic (exact) mass is 364 g/mol. The molecule has 1 aliphatic heterocycles. The van der Waals surface area contributed by atoms with E-state index in [9.17, 15) is 18.0 Å². The minimum atomic E-state index is -4.44. The topological polar surface area (TPSA) is 41.6 Å². The smallest absolute Gasteiger partial charge is 0.416 e. The van der Waals surface area contributed by atoms with Crippen LogP contribution in [0, 0.1) is 0 Å². The number of nitrogens with zero attached hydrogens (tertiary/aromatic N) is 1. The normalized spacial score (nSPS) is 15.6. The number of halogens is 3. The number of hydrogen-bond donors (Lipinski definition) is 1. The molecule has 0 bridgehead atoms. The third-order valence-corrected chi connectivity index (χ3v) is 4.22. The summed E-state index contributed by atoms with van der Waals surface area (Å²) in [4.78, 5) is 13.9. The van der Waals surface area contributed by atoms with Crippen molar-refractivity contribution in [2.75, 3.05) is 18.4 Å². The van der Waals surface area contributed by atoms with Gasteiger partial charge in [-0.3, -0.25) is 0 Å². The van der Waals surface area contributed by atoms with Gasteiger partial charge >= 0.3 is 12.2 Å². The second-order valence-electron chi connectivity index (χ2n) is 6.13. The first kappa shape index (κ1) is 18.1. The van der Waals surface area contributed by atoms with Gasteiger partial charge in [-0.05, 0) is 30.3 Å².